The van der Waals surface area contributed by atoms with E-state index in [-0.39, 0.29) is 23.1 Å². The third-order valence-electron chi connectivity index (χ3n) is 4.50. The third-order valence-corrected chi connectivity index (χ3v) is 4.50. The van der Waals surface area contributed by atoms with E-state index in [1.54, 1.807) is 36.4 Å². The largest absolute Gasteiger partial charge is 0.449 e. The number of benzene rings is 2. The molecule has 1 atom stereocenters. The molecule has 0 saturated heterocycles. The lowest BCUT2D eigenvalue weighted by Crippen LogP contribution is -2.30. The number of ketones is 1. The fraction of sp³-hybridized carbons (Fsp3) is 0.273. The van der Waals surface area contributed by atoms with Crippen LogP contribution >= 0.6 is 0 Å². The molecule has 0 spiro atoms. The number of hydrogen-bond acceptors (Lipinski definition) is 5. The van der Waals surface area contributed by atoms with Crippen LogP contribution in [0.2, 0.25) is 0 Å². The smallest absolute Gasteiger partial charge is 0.360 e. The van der Waals surface area contributed by atoms with Crippen LogP contribution in [0.15, 0.2) is 53.3 Å². The van der Waals surface area contributed by atoms with E-state index >= 15 is 0 Å². The Morgan fingerprint density at radius 1 is 0.964 bits per heavy atom. The zero-order valence-electron chi connectivity index (χ0n) is 16.3. The summed E-state index contributed by atoms with van der Waals surface area (Å²) in [6.07, 6.45) is -0.977. The van der Waals surface area contributed by atoms with Crippen molar-refractivity contribution in [1.29, 1.82) is 0 Å². The van der Waals surface area contributed by atoms with E-state index in [9.17, 15) is 14.4 Å². The molecule has 0 bridgehead atoms. The molecule has 0 aliphatic heterocycles. The van der Waals surface area contributed by atoms with Crippen molar-refractivity contribution in [1.82, 2.24) is 9.78 Å². The van der Waals surface area contributed by atoms with Crippen molar-refractivity contribution in [2.75, 3.05) is 0 Å². The molecule has 144 valence electrons. The highest BCUT2D eigenvalue weighted by Crippen LogP contribution is 2.17. The van der Waals surface area contributed by atoms with Crippen molar-refractivity contribution in [2.24, 2.45) is 0 Å². The van der Waals surface area contributed by atoms with Gasteiger partial charge in [-0.2, -0.15) is 5.10 Å². The van der Waals surface area contributed by atoms with Gasteiger partial charge in [0.2, 0.25) is 5.78 Å². The Morgan fingerprint density at radius 2 is 1.57 bits per heavy atom. The summed E-state index contributed by atoms with van der Waals surface area (Å²) < 4.78 is 6.65. The van der Waals surface area contributed by atoms with Crippen LogP contribution in [0.3, 0.4) is 0 Å². The molecular formula is C22H22N2O4. The molecule has 3 aromatic rings. The van der Waals surface area contributed by atoms with E-state index in [1.807, 2.05) is 32.9 Å². The highest BCUT2D eigenvalue weighted by atomic mass is 16.5. The number of hydrogen-bond donors (Lipinski definition) is 0. The van der Waals surface area contributed by atoms with Crippen molar-refractivity contribution in [2.45, 2.75) is 39.8 Å². The Hall–Kier alpha value is -3.28. The Kier molecular flexibility index (Phi) is 5.40. The number of carbonyl (C=O) groups excluding carboxylic acids is 2. The monoisotopic (exact) mass is 378 g/mol. The van der Waals surface area contributed by atoms with Crippen LogP contribution in [0.4, 0.5) is 0 Å². The molecule has 0 aliphatic carbocycles. The predicted octanol–water partition coefficient (Wildman–Crippen LogP) is 3.71. The molecule has 3 rings (SSSR count). The van der Waals surface area contributed by atoms with Crippen LogP contribution in [0, 0.1) is 6.92 Å². The van der Waals surface area contributed by atoms with Gasteiger partial charge < -0.3 is 4.74 Å². The topological polar surface area (TPSA) is 78.3 Å². The molecule has 0 aliphatic rings. The molecule has 0 amide bonds. The quantitative estimate of drug-likeness (QED) is 0.499. The van der Waals surface area contributed by atoms with Crippen molar-refractivity contribution in [3.05, 3.63) is 75.7 Å². The summed E-state index contributed by atoms with van der Waals surface area (Å²) in [5, 5.41) is 5.01. The van der Waals surface area contributed by atoms with Crippen molar-refractivity contribution in [3.63, 3.8) is 0 Å². The first-order valence-corrected chi connectivity index (χ1v) is 9.13. The molecule has 2 aromatic carbocycles. The van der Waals surface area contributed by atoms with Crippen molar-refractivity contribution >= 4 is 22.5 Å². The Balaban J connectivity index is 1.95. The maximum atomic E-state index is 12.8. The van der Waals surface area contributed by atoms with Gasteiger partial charge in [-0.25, -0.2) is 9.48 Å². The number of ether oxygens (including phenoxy) is 1. The first-order valence-electron chi connectivity index (χ1n) is 9.13. The zero-order valence-corrected chi connectivity index (χ0v) is 16.3. The molecule has 0 fully saturated rings. The van der Waals surface area contributed by atoms with E-state index in [1.165, 1.54) is 11.6 Å². The van der Waals surface area contributed by atoms with Gasteiger partial charge in [0.25, 0.3) is 5.56 Å². The SMILES string of the molecule is Cc1ccc(C(=O)[C@H](C)OC(=O)c2nn(C(C)C)c(=O)c3ccccc23)cc1. The molecule has 0 radical (unpaired) electrons. The normalized spacial score (nSPS) is 12.2. The first-order chi connectivity index (χ1) is 13.3. The number of Topliss-reactive ketones (excluding diaryl/α,β-unsaturated/α-hetero) is 1. The van der Waals surface area contributed by atoms with Crippen LogP contribution in [0.25, 0.3) is 10.8 Å². The van der Waals surface area contributed by atoms with E-state index in [2.05, 4.69) is 5.10 Å². The minimum absolute atomic E-state index is 0.0208. The van der Waals surface area contributed by atoms with Crippen LogP contribution in [-0.2, 0) is 4.74 Å². The van der Waals surface area contributed by atoms with Gasteiger partial charge in [-0.1, -0.05) is 48.0 Å². The summed E-state index contributed by atoms with van der Waals surface area (Å²) in [5.41, 5.74) is 1.25. The second-order valence-corrected chi connectivity index (χ2v) is 7.02. The summed E-state index contributed by atoms with van der Waals surface area (Å²) in [6.45, 7) is 7.07. The summed E-state index contributed by atoms with van der Waals surface area (Å²) in [7, 11) is 0. The molecule has 0 unspecified atom stereocenters. The van der Waals surface area contributed by atoms with Crippen molar-refractivity contribution < 1.29 is 14.3 Å². The van der Waals surface area contributed by atoms with Gasteiger partial charge in [0.1, 0.15) is 0 Å². The maximum absolute atomic E-state index is 12.8. The van der Waals surface area contributed by atoms with Gasteiger partial charge in [-0.15, -0.1) is 0 Å². The molecule has 0 N–H and O–H groups in total. The predicted molar refractivity (Wildman–Crippen MR) is 107 cm³/mol. The summed E-state index contributed by atoms with van der Waals surface area (Å²) in [6, 6.07) is 13.6. The van der Waals surface area contributed by atoms with E-state index in [4.69, 9.17) is 4.74 Å². The van der Waals surface area contributed by atoms with Gasteiger partial charge in [0.05, 0.1) is 11.4 Å². The van der Waals surface area contributed by atoms with Gasteiger partial charge in [-0.3, -0.25) is 9.59 Å². The number of carbonyl (C=O) groups is 2. The Labute approximate surface area is 162 Å². The van der Waals surface area contributed by atoms with E-state index < -0.39 is 12.1 Å². The third kappa shape index (κ3) is 3.71. The number of rotatable bonds is 5. The van der Waals surface area contributed by atoms with Crippen molar-refractivity contribution in [3.8, 4) is 0 Å². The molecule has 6 nitrogen and oxygen atoms in total. The van der Waals surface area contributed by atoms with Gasteiger partial charge in [0.15, 0.2) is 11.8 Å². The van der Waals surface area contributed by atoms with E-state index in [0.29, 0.717) is 16.3 Å². The molecule has 1 heterocycles. The van der Waals surface area contributed by atoms with Gasteiger partial charge >= 0.3 is 5.97 Å². The maximum Gasteiger partial charge on any atom is 0.360 e. The lowest BCUT2D eigenvalue weighted by molar-refractivity contribution is 0.0312. The second kappa shape index (κ2) is 7.76. The van der Waals surface area contributed by atoms with E-state index in [0.717, 1.165) is 5.56 Å². The average Bonchev–Trinajstić information content (AvgIpc) is 2.68. The first kappa shape index (κ1) is 19.5. The van der Waals surface area contributed by atoms with Gasteiger partial charge in [0, 0.05) is 10.9 Å². The Morgan fingerprint density at radius 3 is 2.18 bits per heavy atom. The standard InChI is InChI=1S/C22H22N2O4/c1-13(2)24-21(26)18-8-6-5-7-17(18)19(23-24)22(27)28-15(4)20(25)16-11-9-14(3)10-12-16/h5-13,15H,1-4H3/t15-/m0/s1. The Bertz CT molecular complexity index is 1100. The summed E-state index contributed by atoms with van der Waals surface area (Å²) in [5.74, 6) is -1.03. The zero-order chi connectivity index (χ0) is 20.4. The van der Waals surface area contributed by atoms with Crippen LogP contribution < -0.4 is 5.56 Å². The van der Waals surface area contributed by atoms with Crippen LogP contribution in [-0.4, -0.2) is 27.6 Å². The fourth-order valence-electron chi connectivity index (χ4n) is 2.93. The second-order valence-electron chi connectivity index (χ2n) is 7.02. The molecule has 28 heavy (non-hydrogen) atoms. The van der Waals surface area contributed by atoms with Gasteiger partial charge in [-0.05, 0) is 33.8 Å². The van der Waals surface area contributed by atoms with Crippen LogP contribution in [0.5, 0.6) is 0 Å². The highest BCUT2D eigenvalue weighted by Gasteiger charge is 2.24. The van der Waals surface area contributed by atoms with Crippen LogP contribution in [0.1, 0.15) is 53.2 Å². The highest BCUT2D eigenvalue weighted by molar-refractivity contribution is 6.05. The lowest BCUT2D eigenvalue weighted by Gasteiger charge is -2.15. The fourth-order valence-corrected chi connectivity index (χ4v) is 2.93. The number of fused-ring (bicyclic) bond motifs is 1. The molecule has 1 aromatic heterocycles. The molecular weight excluding hydrogens is 356 g/mol. The summed E-state index contributed by atoms with van der Waals surface area (Å²) >= 11 is 0. The summed E-state index contributed by atoms with van der Waals surface area (Å²) in [4.78, 5) is 37.9. The minimum atomic E-state index is -0.977. The number of esters is 1. The number of nitrogens with zero attached hydrogens (tertiary/aromatic N) is 2. The number of aryl methyl sites for hydroxylation is 1. The minimum Gasteiger partial charge on any atom is -0.449 e. The number of aromatic nitrogens is 2. The molecule has 6 heteroatoms. The lowest BCUT2D eigenvalue weighted by atomic mass is 10.1. The average molecular weight is 378 g/mol. The molecule has 0 saturated carbocycles.